The molecule has 4 N–H and O–H groups in total. The van der Waals surface area contributed by atoms with E-state index in [2.05, 4.69) is 6.58 Å². The van der Waals surface area contributed by atoms with E-state index < -0.39 is 70.9 Å². The van der Waals surface area contributed by atoms with Crippen LogP contribution in [0.4, 0.5) is 0 Å². The number of carbonyl (C=O) groups is 3. The van der Waals surface area contributed by atoms with Crippen molar-refractivity contribution >= 4 is 17.5 Å². The van der Waals surface area contributed by atoms with Crippen molar-refractivity contribution in [2.45, 2.75) is 57.5 Å². The maximum absolute atomic E-state index is 13.0. The number of ketones is 2. The third-order valence-electron chi connectivity index (χ3n) is 8.60. The molecule has 32 heavy (non-hydrogen) atoms. The van der Waals surface area contributed by atoms with Crippen molar-refractivity contribution in [3.05, 3.63) is 36.0 Å². The molecular formula is C24H30O8. The highest BCUT2D eigenvalue weighted by molar-refractivity contribution is 6.01. The second-order valence-corrected chi connectivity index (χ2v) is 10.2. The zero-order chi connectivity index (χ0) is 23.8. The lowest BCUT2D eigenvalue weighted by molar-refractivity contribution is -0.202. The number of Topliss-reactive ketones (excluding diaryl/α,β-unsaturated/α-hetero) is 1. The van der Waals surface area contributed by atoms with E-state index in [0.29, 0.717) is 5.57 Å². The van der Waals surface area contributed by atoms with Gasteiger partial charge < -0.3 is 25.2 Å². The largest absolute Gasteiger partial charge is 0.458 e. The molecule has 4 aliphatic rings. The van der Waals surface area contributed by atoms with Gasteiger partial charge in [0.1, 0.15) is 6.10 Å². The quantitative estimate of drug-likeness (QED) is 0.357. The highest BCUT2D eigenvalue weighted by Gasteiger charge is 2.71. The molecule has 0 aliphatic heterocycles. The number of esters is 1. The van der Waals surface area contributed by atoms with Crippen LogP contribution in [-0.4, -0.2) is 68.5 Å². The van der Waals surface area contributed by atoms with Crippen LogP contribution in [0.5, 0.6) is 0 Å². The molecule has 4 rings (SSSR count). The lowest BCUT2D eigenvalue weighted by Crippen LogP contribution is -2.66. The molecule has 0 unspecified atom stereocenters. The molecule has 0 amide bonds. The second-order valence-electron chi connectivity index (χ2n) is 10.2. The van der Waals surface area contributed by atoms with Gasteiger partial charge in [-0.05, 0) is 48.0 Å². The Kier molecular flexibility index (Phi) is 5.17. The Bertz CT molecular complexity index is 965. The van der Waals surface area contributed by atoms with Gasteiger partial charge in [-0.1, -0.05) is 26.5 Å². The summed E-state index contributed by atoms with van der Waals surface area (Å²) in [7, 11) is 0. The summed E-state index contributed by atoms with van der Waals surface area (Å²) >= 11 is 0. The Morgan fingerprint density at radius 2 is 1.91 bits per heavy atom. The van der Waals surface area contributed by atoms with Crippen LogP contribution in [0, 0.1) is 28.6 Å². The first kappa shape index (κ1) is 23.0. The Morgan fingerprint density at radius 1 is 1.25 bits per heavy atom. The molecule has 4 aliphatic carbocycles. The number of aliphatic hydroxyl groups is 4. The molecule has 0 aromatic carbocycles. The molecule has 0 heterocycles. The maximum Gasteiger partial charge on any atom is 0.303 e. The number of hydrogen-bond acceptors (Lipinski definition) is 8. The van der Waals surface area contributed by atoms with Crippen LogP contribution in [0.25, 0.3) is 0 Å². The van der Waals surface area contributed by atoms with Gasteiger partial charge in [-0.15, -0.1) is 0 Å². The molecule has 0 aromatic rings. The summed E-state index contributed by atoms with van der Waals surface area (Å²) in [5.74, 6) is -3.39. The van der Waals surface area contributed by atoms with Crippen molar-refractivity contribution in [1.29, 1.82) is 0 Å². The third-order valence-corrected chi connectivity index (χ3v) is 8.60. The van der Waals surface area contributed by atoms with E-state index in [0.717, 1.165) is 6.92 Å². The van der Waals surface area contributed by atoms with Gasteiger partial charge in [-0.3, -0.25) is 14.4 Å². The fourth-order valence-electron chi connectivity index (χ4n) is 7.09. The van der Waals surface area contributed by atoms with Crippen LogP contribution in [0.2, 0.25) is 0 Å². The summed E-state index contributed by atoms with van der Waals surface area (Å²) in [5.41, 5.74) is -3.54. The average molecular weight is 446 g/mol. The second kappa shape index (κ2) is 7.18. The van der Waals surface area contributed by atoms with E-state index >= 15 is 0 Å². The molecule has 0 spiro atoms. The number of aliphatic hydroxyl groups excluding tert-OH is 3. The van der Waals surface area contributed by atoms with Gasteiger partial charge in [-0.25, -0.2) is 0 Å². The SMILES string of the molecule is C=C1C[C@H]2[C@@H]3[C@@H](O)[C@@H](O)C4=CC(=O)C=C[C@]4(C)[C@H]3[C@@H](O)C[C@]2(C)[C@@]1(O)C(=O)COC(C)=O. The van der Waals surface area contributed by atoms with E-state index in [1.54, 1.807) is 13.0 Å². The molecule has 0 radical (unpaired) electrons. The van der Waals surface area contributed by atoms with E-state index in [1.165, 1.54) is 12.2 Å². The van der Waals surface area contributed by atoms with Gasteiger partial charge in [0.2, 0.25) is 5.78 Å². The first-order valence-corrected chi connectivity index (χ1v) is 10.9. The zero-order valence-corrected chi connectivity index (χ0v) is 18.4. The molecule has 8 nitrogen and oxygen atoms in total. The minimum Gasteiger partial charge on any atom is -0.458 e. The van der Waals surface area contributed by atoms with Crippen LogP contribution in [0.3, 0.4) is 0 Å². The molecule has 0 aromatic heterocycles. The average Bonchev–Trinajstić information content (AvgIpc) is 2.92. The zero-order valence-electron chi connectivity index (χ0n) is 18.4. The number of allylic oxidation sites excluding steroid dienone is 3. The first-order valence-electron chi connectivity index (χ1n) is 10.9. The number of fused-ring (bicyclic) bond motifs is 5. The number of hydrogen-bond donors (Lipinski definition) is 4. The van der Waals surface area contributed by atoms with Gasteiger partial charge in [0, 0.05) is 23.7 Å². The normalized spacial score (nSPS) is 47.3. The van der Waals surface area contributed by atoms with Crippen LogP contribution in [0.15, 0.2) is 36.0 Å². The summed E-state index contributed by atoms with van der Waals surface area (Å²) in [6.07, 6.45) is 0.941. The number of carbonyl (C=O) groups excluding carboxylic acids is 3. The molecule has 8 heteroatoms. The molecule has 174 valence electrons. The lowest BCUT2D eigenvalue weighted by atomic mass is 9.45. The minimum absolute atomic E-state index is 0.0354. The van der Waals surface area contributed by atoms with Gasteiger partial charge >= 0.3 is 5.97 Å². The highest BCUT2D eigenvalue weighted by atomic mass is 16.5. The van der Waals surface area contributed by atoms with Crippen molar-refractivity contribution in [1.82, 2.24) is 0 Å². The van der Waals surface area contributed by atoms with E-state index in [1.807, 2.05) is 6.92 Å². The molecule has 3 fully saturated rings. The molecule has 3 saturated carbocycles. The minimum atomic E-state index is -2.06. The first-order chi connectivity index (χ1) is 14.8. The predicted molar refractivity (Wildman–Crippen MR) is 112 cm³/mol. The Labute approximate surface area is 186 Å². The fourth-order valence-corrected chi connectivity index (χ4v) is 7.09. The standard InChI is InChI=1S/C24H30O8/c1-11-7-14-18-19(22(3)6-5-13(26)8-15(22)20(29)21(18)30)16(27)9-23(14,4)24(11,31)17(28)10-32-12(2)25/h5-6,8,14,16,18-21,27,29-31H,1,7,9-10H2,2-4H3/t14-,16-,18-,19-,20-,21+,22-,23-,24-/m0/s1. The van der Waals surface area contributed by atoms with Crippen LogP contribution in [0.1, 0.15) is 33.6 Å². The predicted octanol–water partition coefficient (Wildman–Crippen LogP) is 0.236. The number of rotatable bonds is 3. The Hall–Kier alpha value is -2.13. The van der Waals surface area contributed by atoms with Crippen LogP contribution in [-0.2, 0) is 19.1 Å². The monoisotopic (exact) mass is 446 g/mol. The highest BCUT2D eigenvalue weighted by Crippen LogP contribution is 2.68. The summed E-state index contributed by atoms with van der Waals surface area (Å²) in [6, 6.07) is 0. The van der Waals surface area contributed by atoms with Crippen LogP contribution < -0.4 is 0 Å². The third kappa shape index (κ3) is 2.79. The molecular weight excluding hydrogens is 416 g/mol. The van der Waals surface area contributed by atoms with Crippen LogP contribution >= 0.6 is 0 Å². The fraction of sp³-hybridized carbons (Fsp3) is 0.625. The maximum atomic E-state index is 13.0. The molecule has 9 atom stereocenters. The van der Waals surface area contributed by atoms with E-state index in [4.69, 9.17) is 4.74 Å². The topological polar surface area (TPSA) is 141 Å². The summed E-state index contributed by atoms with van der Waals surface area (Å²) in [5, 5.41) is 45.1. The van der Waals surface area contributed by atoms with Crippen molar-refractivity contribution in [2.24, 2.45) is 28.6 Å². The Balaban J connectivity index is 1.79. The Morgan fingerprint density at radius 3 is 2.53 bits per heavy atom. The van der Waals surface area contributed by atoms with Crippen molar-refractivity contribution < 1.29 is 39.5 Å². The van der Waals surface area contributed by atoms with Crippen molar-refractivity contribution in [3.63, 3.8) is 0 Å². The van der Waals surface area contributed by atoms with Gasteiger partial charge in [-0.2, -0.15) is 0 Å². The van der Waals surface area contributed by atoms with E-state index in [-0.39, 0.29) is 24.2 Å². The van der Waals surface area contributed by atoms with Gasteiger partial charge in [0.25, 0.3) is 0 Å². The number of ether oxygens (including phenoxy) is 1. The lowest BCUT2D eigenvalue weighted by Gasteiger charge is -2.61. The van der Waals surface area contributed by atoms with Gasteiger partial charge in [0.15, 0.2) is 18.0 Å². The molecule has 0 bridgehead atoms. The van der Waals surface area contributed by atoms with Crippen molar-refractivity contribution in [2.75, 3.05) is 6.61 Å². The smallest absolute Gasteiger partial charge is 0.303 e. The summed E-state index contributed by atoms with van der Waals surface area (Å²) < 4.78 is 4.83. The van der Waals surface area contributed by atoms with Gasteiger partial charge in [0.05, 0.1) is 12.2 Å². The van der Waals surface area contributed by atoms with E-state index in [9.17, 15) is 34.8 Å². The van der Waals surface area contributed by atoms with Crippen molar-refractivity contribution in [3.8, 4) is 0 Å². The molecule has 0 saturated heterocycles. The summed E-state index contributed by atoms with van der Waals surface area (Å²) in [6.45, 7) is 7.96. The summed E-state index contributed by atoms with van der Waals surface area (Å²) in [4.78, 5) is 36.2.